The van der Waals surface area contributed by atoms with E-state index in [1.807, 2.05) is 0 Å². The van der Waals surface area contributed by atoms with Crippen LogP contribution < -0.4 is 9.44 Å². The number of benzene rings is 1. The Bertz CT molecular complexity index is 571. The van der Waals surface area contributed by atoms with Crippen LogP contribution in [0, 0.1) is 11.8 Å². The van der Waals surface area contributed by atoms with E-state index in [9.17, 15) is 8.42 Å². The number of hydrogen-bond acceptors (Lipinski definition) is 3. The lowest BCUT2D eigenvalue weighted by atomic mass is 10.2. The van der Waals surface area contributed by atoms with Crippen molar-refractivity contribution < 1.29 is 13.5 Å². The summed E-state index contributed by atoms with van der Waals surface area (Å²) >= 11 is 0. The molecule has 0 amide bonds. The highest BCUT2D eigenvalue weighted by Gasteiger charge is 2.10. The zero-order valence-corrected chi connectivity index (χ0v) is 11.8. The van der Waals surface area contributed by atoms with Crippen LogP contribution in [0.25, 0.3) is 0 Å². The summed E-state index contributed by atoms with van der Waals surface area (Å²) in [7, 11) is -3.56. The molecule has 0 saturated heterocycles. The largest absolute Gasteiger partial charge is 0.395 e. The number of nitrogens with one attached hydrogen (secondary N) is 2. The molecule has 0 spiro atoms. The van der Waals surface area contributed by atoms with Crippen molar-refractivity contribution in [2.45, 2.75) is 26.3 Å². The lowest BCUT2D eigenvalue weighted by Gasteiger charge is -2.11. The molecule has 0 aliphatic rings. The van der Waals surface area contributed by atoms with Crippen LogP contribution in [0.3, 0.4) is 0 Å². The zero-order chi connectivity index (χ0) is 14.3. The summed E-state index contributed by atoms with van der Waals surface area (Å²) in [6.07, 6.45) is 0.394. The maximum absolute atomic E-state index is 11.7. The average Bonchev–Trinajstić information content (AvgIpc) is 2.27. The van der Waals surface area contributed by atoms with Gasteiger partial charge >= 0.3 is 0 Å². The molecule has 0 saturated carbocycles. The second-order valence-electron chi connectivity index (χ2n) is 4.23. The van der Waals surface area contributed by atoms with Gasteiger partial charge in [-0.1, -0.05) is 17.9 Å². The first-order valence-electron chi connectivity index (χ1n) is 5.93. The molecule has 0 aromatic heterocycles. The van der Waals surface area contributed by atoms with Crippen molar-refractivity contribution >= 4 is 15.9 Å². The average molecular weight is 282 g/mol. The minimum atomic E-state index is -3.56. The Balaban J connectivity index is 2.81. The van der Waals surface area contributed by atoms with Crippen molar-refractivity contribution in [3.63, 3.8) is 0 Å². The van der Waals surface area contributed by atoms with Gasteiger partial charge in [-0.25, -0.2) is 0 Å². The zero-order valence-electron chi connectivity index (χ0n) is 11.0. The van der Waals surface area contributed by atoms with Crippen LogP contribution in [0.5, 0.6) is 0 Å². The van der Waals surface area contributed by atoms with Crippen molar-refractivity contribution in [3.05, 3.63) is 29.8 Å². The normalized spacial score (nSPS) is 10.9. The quantitative estimate of drug-likeness (QED) is 0.707. The predicted octanol–water partition coefficient (Wildman–Crippen LogP) is 1.08. The van der Waals surface area contributed by atoms with Crippen LogP contribution in [0.2, 0.25) is 0 Å². The summed E-state index contributed by atoms with van der Waals surface area (Å²) in [4.78, 5) is 0. The molecule has 6 heteroatoms. The molecule has 104 valence electrons. The lowest BCUT2D eigenvalue weighted by Crippen LogP contribution is -2.35. The van der Waals surface area contributed by atoms with Gasteiger partial charge in [0, 0.05) is 18.0 Å². The van der Waals surface area contributed by atoms with Gasteiger partial charge in [0.2, 0.25) is 0 Å². The van der Waals surface area contributed by atoms with E-state index >= 15 is 0 Å². The second kappa shape index (κ2) is 7.14. The SMILES string of the molecule is CC(C)NS(=O)(=O)Nc1cccc(C#CCCO)c1. The second-order valence-corrected chi connectivity index (χ2v) is 5.68. The number of aliphatic hydroxyl groups excluding tert-OH is 1. The first-order valence-corrected chi connectivity index (χ1v) is 7.41. The molecule has 0 radical (unpaired) electrons. The smallest absolute Gasteiger partial charge is 0.299 e. The van der Waals surface area contributed by atoms with Gasteiger partial charge in [-0.2, -0.15) is 13.1 Å². The van der Waals surface area contributed by atoms with Crippen molar-refractivity contribution in [1.82, 2.24) is 4.72 Å². The van der Waals surface area contributed by atoms with Gasteiger partial charge in [0.25, 0.3) is 10.2 Å². The molecular formula is C13H18N2O3S. The van der Waals surface area contributed by atoms with Crippen molar-refractivity contribution in [2.75, 3.05) is 11.3 Å². The molecule has 0 aliphatic heterocycles. The van der Waals surface area contributed by atoms with Crippen molar-refractivity contribution in [1.29, 1.82) is 0 Å². The van der Waals surface area contributed by atoms with E-state index in [0.717, 1.165) is 0 Å². The van der Waals surface area contributed by atoms with Crippen LogP contribution >= 0.6 is 0 Å². The molecular weight excluding hydrogens is 264 g/mol. The Morgan fingerprint density at radius 3 is 2.74 bits per heavy atom. The van der Waals surface area contributed by atoms with Gasteiger partial charge in [0.1, 0.15) is 0 Å². The highest BCUT2D eigenvalue weighted by atomic mass is 32.2. The van der Waals surface area contributed by atoms with Gasteiger partial charge in [-0.15, -0.1) is 0 Å². The van der Waals surface area contributed by atoms with Crippen molar-refractivity contribution in [3.8, 4) is 11.8 Å². The van der Waals surface area contributed by atoms with Crippen LogP contribution in [-0.2, 0) is 10.2 Å². The summed E-state index contributed by atoms with van der Waals surface area (Å²) in [5.41, 5.74) is 1.14. The molecule has 3 N–H and O–H groups in total. The van der Waals surface area contributed by atoms with Crippen molar-refractivity contribution in [2.24, 2.45) is 0 Å². The van der Waals surface area contributed by atoms with Crippen LogP contribution in [0.4, 0.5) is 5.69 Å². The first-order chi connectivity index (χ1) is 8.93. The highest BCUT2D eigenvalue weighted by molar-refractivity contribution is 7.90. The minimum absolute atomic E-state index is 0.0115. The Hall–Kier alpha value is -1.55. The summed E-state index contributed by atoms with van der Waals surface area (Å²) in [6, 6.07) is 6.61. The fourth-order valence-electron chi connectivity index (χ4n) is 1.38. The van der Waals surface area contributed by atoms with Gasteiger partial charge in [0.15, 0.2) is 0 Å². The standard InChI is InChI=1S/C13H18N2O3S/c1-11(2)14-19(17,18)15-13-8-5-7-12(10-13)6-3-4-9-16/h5,7-8,10-11,14-16H,4,9H2,1-2H3. The third kappa shape index (κ3) is 6.25. The molecule has 19 heavy (non-hydrogen) atoms. The fraction of sp³-hybridized carbons (Fsp3) is 0.385. The Kier molecular flexibility index (Phi) is 5.83. The Morgan fingerprint density at radius 1 is 1.37 bits per heavy atom. The molecule has 0 aliphatic carbocycles. The lowest BCUT2D eigenvalue weighted by molar-refractivity contribution is 0.305. The van der Waals surface area contributed by atoms with Crippen LogP contribution in [0.15, 0.2) is 24.3 Å². The van der Waals surface area contributed by atoms with E-state index in [4.69, 9.17) is 5.11 Å². The predicted molar refractivity (Wildman–Crippen MR) is 75.8 cm³/mol. The van der Waals surface area contributed by atoms with E-state index in [-0.39, 0.29) is 12.6 Å². The molecule has 0 fully saturated rings. The maximum Gasteiger partial charge on any atom is 0.299 e. The maximum atomic E-state index is 11.7. The van der Waals surface area contributed by atoms with E-state index in [1.54, 1.807) is 38.1 Å². The Morgan fingerprint density at radius 2 is 2.11 bits per heavy atom. The topological polar surface area (TPSA) is 78.4 Å². The fourth-order valence-corrected chi connectivity index (χ4v) is 2.49. The summed E-state index contributed by atoms with van der Waals surface area (Å²) in [5, 5.41) is 8.63. The van der Waals surface area contributed by atoms with Gasteiger partial charge < -0.3 is 5.11 Å². The molecule has 1 rings (SSSR count). The third-order valence-electron chi connectivity index (χ3n) is 1.98. The van der Waals surface area contributed by atoms with E-state index in [1.165, 1.54) is 0 Å². The van der Waals surface area contributed by atoms with E-state index in [2.05, 4.69) is 21.3 Å². The molecule has 0 bridgehead atoms. The molecule has 0 heterocycles. The van der Waals surface area contributed by atoms with Gasteiger partial charge in [-0.05, 0) is 32.0 Å². The number of anilines is 1. The molecule has 1 aromatic rings. The minimum Gasteiger partial charge on any atom is -0.395 e. The van der Waals surface area contributed by atoms with E-state index < -0.39 is 10.2 Å². The molecule has 0 unspecified atom stereocenters. The first kappa shape index (κ1) is 15.5. The molecule has 1 aromatic carbocycles. The Labute approximate surface area is 114 Å². The monoisotopic (exact) mass is 282 g/mol. The van der Waals surface area contributed by atoms with Gasteiger partial charge in [-0.3, -0.25) is 4.72 Å². The van der Waals surface area contributed by atoms with Crippen LogP contribution in [-0.4, -0.2) is 26.2 Å². The molecule has 0 atom stereocenters. The number of hydrogen-bond donors (Lipinski definition) is 3. The summed E-state index contributed by atoms with van der Waals surface area (Å²) in [6.45, 7) is 3.50. The number of rotatable bonds is 5. The number of aliphatic hydroxyl groups is 1. The van der Waals surface area contributed by atoms with E-state index in [0.29, 0.717) is 17.7 Å². The highest BCUT2D eigenvalue weighted by Crippen LogP contribution is 2.11. The van der Waals surface area contributed by atoms with Gasteiger partial charge in [0.05, 0.1) is 12.3 Å². The third-order valence-corrected chi connectivity index (χ3v) is 3.26. The van der Waals surface area contributed by atoms with Crippen LogP contribution in [0.1, 0.15) is 25.8 Å². The summed E-state index contributed by atoms with van der Waals surface area (Å²) < 4.78 is 28.2. The summed E-state index contributed by atoms with van der Waals surface area (Å²) in [5.74, 6) is 5.63. The molecule has 5 nitrogen and oxygen atoms in total.